The maximum Gasteiger partial charge on any atom is 0.248 e. The van der Waals surface area contributed by atoms with Gasteiger partial charge in [-0.25, -0.2) is 0 Å². The fraction of sp³-hybridized carbons (Fsp3) is 0.889. The van der Waals surface area contributed by atoms with Gasteiger partial charge in [0.25, 0.3) is 0 Å². The number of rotatable bonds is 6. The quantitative estimate of drug-likeness (QED) is 0.728. The fourth-order valence-corrected chi connectivity index (χ4v) is 4.46. The molecule has 24 heavy (non-hydrogen) atoms. The van der Waals surface area contributed by atoms with Gasteiger partial charge in [0.1, 0.15) is 6.61 Å². The predicted molar refractivity (Wildman–Crippen MR) is 91.7 cm³/mol. The molecule has 0 aromatic carbocycles. The maximum absolute atomic E-state index is 12.4. The second kappa shape index (κ2) is 7.83. The Hall–Kier alpha value is -1.14. The van der Waals surface area contributed by atoms with Gasteiger partial charge in [-0.3, -0.25) is 9.59 Å². The minimum absolute atomic E-state index is 0.000793. The number of nitrogens with zero attached hydrogens (tertiary/aromatic N) is 3. The van der Waals surface area contributed by atoms with Crippen LogP contribution in [-0.2, 0) is 14.3 Å². The smallest absolute Gasteiger partial charge is 0.248 e. The Morgan fingerprint density at radius 1 is 1.08 bits per heavy atom. The van der Waals surface area contributed by atoms with Gasteiger partial charge in [-0.1, -0.05) is 0 Å². The van der Waals surface area contributed by atoms with Crippen molar-refractivity contribution in [1.82, 2.24) is 14.7 Å². The minimum atomic E-state index is -0.000793. The molecule has 3 aliphatic rings. The number of likely N-dealkylation sites (tertiary alicyclic amines) is 3. The Morgan fingerprint density at radius 3 is 2.46 bits per heavy atom. The summed E-state index contributed by atoms with van der Waals surface area (Å²) in [5, 5.41) is 0. The van der Waals surface area contributed by atoms with Crippen LogP contribution in [0, 0.1) is 0 Å². The van der Waals surface area contributed by atoms with E-state index in [0.717, 1.165) is 45.4 Å². The van der Waals surface area contributed by atoms with Gasteiger partial charge in [0, 0.05) is 44.7 Å². The molecule has 0 aliphatic carbocycles. The lowest BCUT2D eigenvalue weighted by Crippen LogP contribution is -2.55. The zero-order valence-electron chi connectivity index (χ0n) is 15.0. The molecule has 3 rings (SSSR count). The molecule has 0 atom stereocenters. The molecular weight excluding hydrogens is 306 g/mol. The van der Waals surface area contributed by atoms with Crippen LogP contribution >= 0.6 is 0 Å². The minimum Gasteiger partial charge on any atom is -0.372 e. The number of carbonyl (C=O) groups is 2. The van der Waals surface area contributed by atoms with E-state index in [9.17, 15) is 9.59 Å². The first-order valence-electron chi connectivity index (χ1n) is 9.53. The third kappa shape index (κ3) is 3.75. The third-order valence-corrected chi connectivity index (χ3v) is 5.99. The van der Waals surface area contributed by atoms with E-state index in [2.05, 4.69) is 9.80 Å². The van der Waals surface area contributed by atoms with Gasteiger partial charge in [-0.2, -0.15) is 0 Å². The summed E-state index contributed by atoms with van der Waals surface area (Å²) in [6, 6.07) is 0. The summed E-state index contributed by atoms with van der Waals surface area (Å²) in [6.45, 7) is 8.36. The van der Waals surface area contributed by atoms with Gasteiger partial charge in [-0.05, 0) is 52.1 Å². The highest BCUT2D eigenvalue weighted by atomic mass is 16.5. The van der Waals surface area contributed by atoms with Crippen molar-refractivity contribution in [2.75, 3.05) is 52.5 Å². The fourth-order valence-electron chi connectivity index (χ4n) is 4.46. The molecule has 0 aromatic rings. The van der Waals surface area contributed by atoms with Crippen LogP contribution in [0.1, 0.15) is 45.4 Å². The van der Waals surface area contributed by atoms with Crippen LogP contribution in [0.5, 0.6) is 0 Å². The second-order valence-electron chi connectivity index (χ2n) is 7.34. The van der Waals surface area contributed by atoms with Crippen molar-refractivity contribution in [1.29, 1.82) is 0 Å². The number of amides is 2. The van der Waals surface area contributed by atoms with Gasteiger partial charge < -0.3 is 19.4 Å². The highest BCUT2D eigenvalue weighted by Crippen LogP contribution is 2.39. The molecular formula is C18H31N3O3. The number of carbonyl (C=O) groups excluding carboxylic acids is 2. The second-order valence-corrected chi connectivity index (χ2v) is 7.34. The van der Waals surface area contributed by atoms with Crippen LogP contribution in [0.4, 0.5) is 0 Å². The largest absolute Gasteiger partial charge is 0.372 e. The van der Waals surface area contributed by atoms with Crippen LogP contribution in [0.25, 0.3) is 0 Å². The van der Waals surface area contributed by atoms with Crippen LogP contribution in [0.3, 0.4) is 0 Å². The first-order chi connectivity index (χ1) is 11.6. The Balaban J connectivity index is 1.54. The van der Waals surface area contributed by atoms with Crippen molar-refractivity contribution in [3.63, 3.8) is 0 Å². The van der Waals surface area contributed by atoms with E-state index in [1.165, 1.54) is 25.9 Å². The van der Waals surface area contributed by atoms with Gasteiger partial charge >= 0.3 is 0 Å². The summed E-state index contributed by atoms with van der Waals surface area (Å²) in [7, 11) is 0. The number of hydrogen-bond acceptors (Lipinski definition) is 4. The van der Waals surface area contributed by atoms with Gasteiger partial charge in [0.15, 0.2) is 0 Å². The Labute approximate surface area is 145 Å². The van der Waals surface area contributed by atoms with Crippen molar-refractivity contribution in [2.24, 2.45) is 0 Å². The first-order valence-corrected chi connectivity index (χ1v) is 9.53. The average molecular weight is 337 g/mol. The Morgan fingerprint density at radius 2 is 1.79 bits per heavy atom. The van der Waals surface area contributed by atoms with Crippen LogP contribution < -0.4 is 0 Å². The monoisotopic (exact) mass is 337 g/mol. The molecule has 1 spiro atoms. The highest BCUT2D eigenvalue weighted by molar-refractivity contribution is 5.80. The summed E-state index contributed by atoms with van der Waals surface area (Å²) in [5.74, 6) is 0.392. The SMILES string of the molecule is CCOCC(=O)N1CCC2(CCC(=O)N2CCN2CCCC2)CC1. The van der Waals surface area contributed by atoms with Gasteiger partial charge in [0.2, 0.25) is 11.8 Å². The molecule has 2 amide bonds. The van der Waals surface area contributed by atoms with Gasteiger partial charge in [0.05, 0.1) is 0 Å². The molecule has 0 N–H and O–H groups in total. The van der Waals surface area contributed by atoms with Crippen molar-refractivity contribution >= 4 is 11.8 Å². The van der Waals surface area contributed by atoms with E-state index in [4.69, 9.17) is 4.74 Å². The van der Waals surface area contributed by atoms with E-state index in [0.29, 0.717) is 18.9 Å². The molecule has 136 valence electrons. The van der Waals surface area contributed by atoms with E-state index in [1.807, 2.05) is 11.8 Å². The summed E-state index contributed by atoms with van der Waals surface area (Å²) in [6.07, 6.45) is 6.03. The van der Waals surface area contributed by atoms with Crippen molar-refractivity contribution in [3.8, 4) is 0 Å². The lowest BCUT2D eigenvalue weighted by molar-refractivity contribution is -0.140. The average Bonchev–Trinajstić information content (AvgIpc) is 3.21. The molecule has 6 heteroatoms. The molecule has 3 heterocycles. The third-order valence-electron chi connectivity index (χ3n) is 5.99. The molecule has 3 aliphatic heterocycles. The van der Waals surface area contributed by atoms with E-state index < -0.39 is 0 Å². The lowest BCUT2D eigenvalue weighted by atomic mass is 9.85. The molecule has 3 fully saturated rings. The van der Waals surface area contributed by atoms with E-state index in [-0.39, 0.29) is 18.1 Å². The topological polar surface area (TPSA) is 53.1 Å². The number of piperidine rings is 1. The Kier molecular flexibility index (Phi) is 5.76. The van der Waals surface area contributed by atoms with Crippen molar-refractivity contribution < 1.29 is 14.3 Å². The molecule has 0 saturated carbocycles. The van der Waals surface area contributed by atoms with E-state index >= 15 is 0 Å². The molecule has 6 nitrogen and oxygen atoms in total. The zero-order chi connectivity index (χ0) is 17.0. The standard InChI is InChI=1S/C18H31N3O3/c1-2-24-15-17(23)20-11-7-18(8-12-20)6-5-16(22)21(18)14-13-19-9-3-4-10-19/h2-15H2,1H3. The highest BCUT2D eigenvalue weighted by Gasteiger charge is 2.47. The summed E-state index contributed by atoms with van der Waals surface area (Å²) < 4.78 is 5.24. The number of ether oxygens (including phenoxy) is 1. The molecule has 0 bridgehead atoms. The molecule has 3 saturated heterocycles. The zero-order valence-corrected chi connectivity index (χ0v) is 15.0. The lowest BCUT2D eigenvalue weighted by Gasteiger charge is -2.45. The molecule has 0 aromatic heterocycles. The van der Waals surface area contributed by atoms with Crippen molar-refractivity contribution in [3.05, 3.63) is 0 Å². The van der Waals surface area contributed by atoms with Crippen LogP contribution in [0.15, 0.2) is 0 Å². The summed E-state index contributed by atoms with van der Waals surface area (Å²) in [4.78, 5) is 31.1. The maximum atomic E-state index is 12.4. The van der Waals surface area contributed by atoms with E-state index in [1.54, 1.807) is 0 Å². The molecule has 0 unspecified atom stereocenters. The van der Waals surface area contributed by atoms with Gasteiger partial charge in [-0.15, -0.1) is 0 Å². The van der Waals surface area contributed by atoms with Crippen LogP contribution in [0.2, 0.25) is 0 Å². The van der Waals surface area contributed by atoms with Crippen molar-refractivity contribution in [2.45, 2.75) is 51.0 Å². The normalized spacial score (nSPS) is 24.3. The predicted octanol–water partition coefficient (Wildman–Crippen LogP) is 1.10. The molecule has 0 radical (unpaired) electrons. The number of hydrogen-bond donors (Lipinski definition) is 0. The Bertz CT molecular complexity index is 454. The summed E-state index contributed by atoms with van der Waals surface area (Å²) in [5.41, 5.74) is -0.000793. The summed E-state index contributed by atoms with van der Waals surface area (Å²) >= 11 is 0. The first kappa shape index (κ1) is 17.7. The van der Waals surface area contributed by atoms with Crippen LogP contribution in [-0.4, -0.2) is 84.5 Å².